The van der Waals surface area contributed by atoms with E-state index >= 15 is 0 Å². The van der Waals surface area contributed by atoms with Crippen molar-refractivity contribution in [2.45, 2.75) is 69.2 Å². The highest BCUT2D eigenvalue weighted by Gasteiger charge is 2.21. The van der Waals surface area contributed by atoms with Crippen molar-refractivity contribution in [1.82, 2.24) is 0 Å². The summed E-state index contributed by atoms with van der Waals surface area (Å²) in [5.74, 6) is 0. The topological polar surface area (TPSA) is 0 Å². The molecule has 0 atom stereocenters. The summed E-state index contributed by atoms with van der Waals surface area (Å²) < 4.78 is 0. The number of benzene rings is 3. The third kappa shape index (κ3) is 2.28. The first-order valence-electron chi connectivity index (χ1n) is 9.70. The highest BCUT2D eigenvalue weighted by atomic mass is 14.2. The van der Waals surface area contributed by atoms with Gasteiger partial charge in [-0.15, -0.1) is 0 Å². The Bertz CT molecular complexity index is 1020. The Hall–Kier alpha value is -2.08. The zero-order valence-corrected chi connectivity index (χ0v) is 18.2. The summed E-state index contributed by atoms with van der Waals surface area (Å²) in [6.45, 7) is 22.7. The second-order valence-electron chi connectivity index (χ2n) is 8.04. The van der Waals surface area contributed by atoms with Gasteiger partial charge in [0.25, 0.3) is 0 Å². The molecule has 0 aliphatic heterocycles. The van der Waals surface area contributed by atoms with E-state index in [2.05, 4.69) is 81.4 Å². The minimum atomic E-state index is 1.40. The van der Waals surface area contributed by atoms with Crippen molar-refractivity contribution in [2.75, 3.05) is 0 Å². The fourth-order valence-electron chi connectivity index (χ4n) is 4.82. The van der Waals surface area contributed by atoms with Crippen LogP contribution in [0.15, 0.2) is 6.08 Å². The van der Waals surface area contributed by atoms with Gasteiger partial charge in [-0.1, -0.05) is 12.2 Å². The van der Waals surface area contributed by atoms with Crippen molar-refractivity contribution in [1.29, 1.82) is 0 Å². The first-order valence-corrected chi connectivity index (χ1v) is 9.70. The molecule has 0 fully saturated rings. The molecule has 0 aliphatic rings. The lowest BCUT2D eigenvalue weighted by molar-refractivity contribution is 1.23. The quantitative estimate of drug-likeness (QED) is 0.395. The second kappa shape index (κ2) is 6.27. The summed E-state index contributed by atoms with van der Waals surface area (Å²) in [6, 6.07) is 0. The highest BCUT2D eigenvalue weighted by molar-refractivity contribution is 6.14. The van der Waals surface area contributed by atoms with Gasteiger partial charge in [0.2, 0.25) is 0 Å². The van der Waals surface area contributed by atoms with Crippen molar-refractivity contribution >= 4 is 27.6 Å². The minimum absolute atomic E-state index is 1.40. The molecule has 0 heterocycles. The van der Waals surface area contributed by atoms with Crippen molar-refractivity contribution in [3.63, 3.8) is 0 Å². The van der Waals surface area contributed by atoms with Crippen LogP contribution in [-0.2, 0) is 0 Å². The Morgan fingerprint density at radius 2 is 0.692 bits per heavy atom. The van der Waals surface area contributed by atoms with Crippen LogP contribution in [0.5, 0.6) is 0 Å². The van der Waals surface area contributed by atoms with Gasteiger partial charge in [-0.3, -0.25) is 0 Å². The lowest BCUT2D eigenvalue weighted by atomic mass is 9.80. The van der Waals surface area contributed by atoms with E-state index in [0.717, 1.165) is 0 Å². The maximum absolute atomic E-state index is 2.33. The van der Waals surface area contributed by atoms with Crippen LogP contribution in [-0.4, -0.2) is 0 Å². The Kier molecular flexibility index (Phi) is 4.51. The van der Waals surface area contributed by atoms with Gasteiger partial charge < -0.3 is 0 Å². The van der Waals surface area contributed by atoms with Gasteiger partial charge in [-0.25, -0.2) is 0 Å². The highest BCUT2D eigenvalue weighted by Crippen LogP contribution is 2.43. The van der Waals surface area contributed by atoms with Crippen molar-refractivity contribution in [3.05, 3.63) is 61.7 Å². The SMILES string of the molecule is C/C=C/c1c2c(C)c(C)c(C)c(C)c2c(C)c2c(C)c(C)c(C)c(C)c12. The third-order valence-electron chi connectivity index (χ3n) is 7.00. The van der Waals surface area contributed by atoms with E-state index in [1.165, 1.54) is 77.2 Å². The summed E-state index contributed by atoms with van der Waals surface area (Å²) in [7, 11) is 0. The second-order valence-corrected chi connectivity index (χ2v) is 8.04. The normalized spacial score (nSPS) is 12.1. The standard InChI is InChI=1S/C26H32/c1-11-12-22-25-19(8)15(4)13(2)17(6)23(25)21(10)24-18(7)14(3)16(5)20(9)26(22)24/h11-12H,1-10H3/b12-11+. The lowest BCUT2D eigenvalue weighted by Crippen LogP contribution is -2.03. The Balaban J connectivity index is 2.87. The van der Waals surface area contributed by atoms with Crippen LogP contribution in [0, 0.1) is 62.3 Å². The molecule has 0 amide bonds. The predicted molar refractivity (Wildman–Crippen MR) is 119 cm³/mol. The van der Waals surface area contributed by atoms with E-state index in [4.69, 9.17) is 0 Å². The molecule has 3 aromatic carbocycles. The fraction of sp³-hybridized carbons (Fsp3) is 0.385. The molecule has 0 heteroatoms. The molecule has 136 valence electrons. The summed E-state index contributed by atoms with van der Waals surface area (Å²) in [5, 5.41) is 5.80. The zero-order valence-electron chi connectivity index (χ0n) is 18.2. The van der Waals surface area contributed by atoms with Crippen LogP contribution in [0.4, 0.5) is 0 Å². The Morgan fingerprint density at radius 1 is 0.385 bits per heavy atom. The van der Waals surface area contributed by atoms with E-state index in [1.807, 2.05) is 0 Å². The van der Waals surface area contributed by atoms with Crippen LogP contribution in [0.2, 0.25) is 0 Å². The molecule has 3 rings (SSSR count). The molecule has 0 unspecified atom stereocenters. The number of hydrogen-bond donors (Lipinski definition) is 0. The molecule has 0 spiro atoms. The molecule has 0 saturated carbocycles. The maximum Gasteiger partial charge on any atom is -0.00675 e. The van der Waals surface area contributed by atoms with E-state index in [0.29, 0.717) is 0 Å². The molecule has 0 N–H and O–H groups in total. The van der Waals surface area contributed by atoms with Gasteiger partial charge in [0, 0.05) is 0 Å². The number of hydrogen-bond acceptors (Lipinski definition) is 0. The Labute approximate surface area is 158 Å². The fourth-order valence-corrected chi connectivity index (χ4v) is 4.82. The molecule has 3 aromatic rings. The van der Waals surface area contributed by atoms with Gasteiger partial charge in [-0.2, -0.15) is 0 Å². The first-order chi connectivity index (χ1) is 12.1. The largest absolute Gasteiger partial charge is 0.0870 e. The molecule has 0 nitrogen and oxygen atoms in total. The Morgan fingerprint density at radius 3 is 1.00 bits per heavy atom. The molecule has 26 heavy (non-hydrogen) atoms. The molecular weight excluding hydrogens is 312 g/mol. The third-order valence-corrected chi connectivity index (χ3v) is 7.00. The monoisotopic (exact) mass is 344 g/mol. The summed E-state index contributed by atoms with van der Waals surface area (Å²) >= 11 is 0. The average molecular weight is 345 g/mol. The van der Waals surface area contributed by atoms with Gasteiger partial charge >= 0.3 is 0 Å². The smallest absolute Gasteiger partial charge is 0.00675 e. The molecule has 0 aromatic heterocycles. The van der Waals surface area contributed by atoms with Crippen molar-refractivity contribution < 1.29 is 0 Å². The number of rotatable bonds is 1. The predicted octanol–water partition coefficient (Wildman–Crippen LogP) is 7.80. The number of fused-ring (bicyclic) bond motifs is 2. The summed E-state index contributed by atoms with van der Waals surface area (Å²) in [6.07, 6.45) is 4.52. The van der Waals surface area contributed by atoms with Crippen LogP contribution < -0.4 is 0 Å². The van der Waals surface area contributed by atoms with Crippen LogP contribution >= 0.6 is 0 Å². The van der Waals surface area contributed by atoms with Gasteiger partial charge in [0.15, 0.2) is 0 Å². The summed E-state index contributed by atoms with van der Waals surface area (Å²) in [5.41, 5.74) is 14.3. The molecule has 0 saturated heterocycles. The van der Waals surface area contributed by atoms with Crippen LogP contribution in [0.1, 0.15) is 62.6 Å². The molecule has 0 bridgehead atoms. The van der Waals surface area contributed by atoms with E-state index in [-0.39, 0.29) is 0 Å². The molecule has 0 radical (unpaired) electrons. The van der Waals surface area contributed by atoms with E-state index < -0.39 is 0 Å². The van der Waals surface area contributed by atoms with Crippen LogP contribution in [0.3, 0.4) is 0 Å². The van der Waals surface area contributed by atoms with Gasteiger partial charge in [-0.05, 0) is 146 Å². The number of aryl methyl sites for hydroxylation is 5. The minimum Gasteiger partial charge on any atom is -0.0870 e. The van der Waals surface area contributed by atoms with Gasteiger partial charge in [0.1, 0.15) is 0 Å². The van der Waals surface area contributed by atoms with Crippen LogP contribution in [0.25, 0.3) is 27.6 Å². The van der Waals surface area contributed by atoms with Crippen molar-refractivity contribution in [3.8, 4) is 0 Å². The van der Waals surface area contributed by atoms with Gasteiger partial charge in [0.05, 0.1) is 0 Å². The van der Waals surface area contributed by atoms with E-state index in [1.54, 1.807) is 0 Å². The first kappa shape index (κ1) is 18.7. The van der Waals surface area contributed by atoms with Crippen molar-refractivity contribution in [2.24, 2.45) is 0 Å². The molecular formula is C26H32. The lowest BCUT2D eigenvalue weighted by Gasteiger charge is -2.24. The average Bonchev–Trinajstić information content (AvgIpc) is 2.61. The van der Waals surface area contributed by atoms with E-state index in [9.17, 15) is 0 Å². The zero-order chi connectivity index (χ0) is 19.5. The molecule has 0 aliphatic carbocycles. The maximum atomic E-state index is 2.33. The number of allylic oxidation sites excluding steroid dienone is 1. The summed E-state index contributed by atoms with van der Waals surface area (Å²) in [4.78, 5) is 0.